The van der Waals surface area contributed by atoms with Gasteiger partial charge in [0.25, 0.3) is 0 Å². The van der Waals surface area contributed by atoms with Crippen LogP contribution in [-0.4, -0.2) is 40.0 Å². The summed E-state index contributed by atoms with van der Waals surface area (Å²) in [5.74, 6) is -0.260. The number of carboxylic acid groups (broad SMARTS) is 1. The van der Waals surface area contributed by atoms with E-state index in [2.05, 4.69) is 29.4 Å². The Morgan fingerprint density at radius 3 is 2.46 bits per heavy atom. The first kappa shape index (κ1) is 18.3. The number of H-pyrrole nitrogens is 1. The van der Waals surface area contributed by atoms with E-state index in [4.69, 9.17) is 5.11 Å². The molecule has 0 spiro atoms. The number of nitrogens with zero attached hydrogens (tertiary/aromatic N) is 1. The smallest absolute Gasteiger partial charge is 0.335 e. The molecule has 4 rings (SSSR count). The third kappa shape index (κ3) is 3.79. The summed E-state index contributed by atoms with van der Waals surface area (Å²) in [7, 11) is 0. The summed E-state index contributed by atoms with van der Waals surface area (Å²) >= 11 is 0. The molecule has 5 heteroatoms. The second-order valence-corrected chi connectivity index (χ2v) is 7.45. The van der Waals surface area contributed by atoms with Crippen LogP contribution in [0.25, 0.3) is 10.9 Å². The molecular weight excluding hydrogens is 352 g/mol. The molecule has 1 aliphatic heterocycles. The van der Waals surface area contributed by atoms with Crippen LogP contribution < -0.4 is 0 Å². The fourth-order valence-corrected chi connectivity index (χ4v) is 4.09. The van der Waals surface area contributed by atoms with Crippen molar-refractivity contribution >= 4 is 22.8 Å². The lowest BCUT2D eigenvalue weighted by atomic mass is 9.89. The van der Waals surface area contributed by atoms with Crippen LogP contribution in [0, 0.1) is 0 Å². The molecule has 5 nitrogen and oxygen atoms in total. The molecule has 0 atom stereocenters. The molecule has 1 fully saturated rings. The van der Waals surface area contributed by atoms with E-state index in [9.17, 15) is 9.59 Å². The number of nitrogens with one attached hydrogen (secondary N) is 1. The van der Waals surface area contributed by atoms with Gasteiger partial charge in [-0.3, -0.25) is 4.79 Å². The first-order chi connectivity index (χ1) is 13.6. The van der Waals surface area contributed by atoms with Crippen molar-refractivity contribution in [3.05, 3.63) is 71.4 Å². The zero-order chi connectivity index (χ0) is 19.5. The molecule has 2 heterocycles. The Balaban J connectivity index is 1.31. The molecule has 144 valence electrons. The summed E-state index contributed by atoms with van der Waals surface area (Å²) in [4.78, 5) is 28.8. The summed E-state index contributed by atoms with van der Waals surface area (Å²) in [6.45, 7) is 1.59. The average Bonchev–Trinajstić information content (AvgIpc) is 3.16. The van der Waals surface area contributed by atoms with Crippen molar-refractivity contribution in [1.82, 2.24) is 9.88 Å². The van der Waals surface area contributed by atoms with Gasteiger partial charge < -0.3 is 15.0 Å². The van der Waals surface area contributed by atoms with Crippen LogP contribution in [0.3, 0.4) is 0 Å². The maximum Gasteiger partial charge on any atom is 0.335 e. The lowest BCUT2D eigenvalue weighted by Crippen LogP contribution is -2.38. The molecule has 3 aromatic rings. The number of carbonyl (C=O) groups excluding carboxylic acids is 1. The number of carbonyl (C=O) groups is 2. The number of benzene rings is 2. The molecule has 2 N–H and O–H groups in total. The van der Waals surface area contributed by atoms with E-state index in [0.29, 0.717) is 18.8 Å². The maximum atomic E-state index is 12.6. The third-order valence-corrected chi connectivity index (χ3v) is 5.74. The van der Waals surface area contributed by atoms with Crippen molar-refractivity contribution in [3.8, 4) is 0 Å². The SMILES string of the molecule is O=C(O)c1ccc(CCC(=O)N2CCC(c3c[nH]c4ccccc34)CC2)cc1. The van der Waals surface area contributed by atoms with Gasteiger partial charge in [-0.15, -0.1) is 0 Å². The predicted octanol–water partition coefficient (Wildman–Crippen LogP) is 4.20. The van der Waals surface area contributed by atoms with Crippen molar-refractivity contribution in [2.24, 2.45) is 0 Å². The number of para-hydroxylation sites is 1. The fraction of sp³-hybridized carbons (Fsp3) is 0.304. The number of aromatic amines is 1. The minimum atomic E-state index is -0.930. The van der Waals surface area contributed by atoms with Crippen molar-refractivity contribution in [2.75, 3.05) is 13.1 Å². The van der Waals surface area contributed by atoms with Gasteiger partial charge in [-0.25, -0.2) is 4.79 Å². The number of hydrogen-bond acceptors (Lipinski definition) is 2. The van der Waals surface area contributed by atoms with Crippen LogP contribution in [0.5, 0.6) is 0 Å². The monoisotopic (exact) mass is 376 g/mol. The Kier molecular flexibility index (Phi) is 5.15. The van der Waals surface area contributed by atoms with Crippen LogP contribution in [0.2, 0.25) is 0 Å². The number of amides is 1. The van der Waals surface area contributed by atoms with Gasteiger partial charge in [-0.1, -0.05) is 30.3 Å². The Morgan fingerprint density at radius 1 is 1.04 bits per heavy atom. The third-order valence-electron chi connectivity index (χ3n) is 5.74. The van der Waals surface area contributed by atoms with E-state index < -0.39 is 5.97 Å². The highest BCUT2D eigenvalue weighted by molar-refractivity contribution is 5.87. The Hall–Kier alpha value is -3.08. The van der Waals surface area contributed by atoms with Gasteiger partial charge in [0.1, 0.15) is 0 Å². The quantitative estimate of drug-likeness (QED) is 0.701. The number of aryl methyl sites for hydroxylation is 1. The number of rotatable bonds is 5. The van der Waals surface area contributed by atoms with Gasteiger partial charge in [-0.2, -0.15) is 0 Å². The molecular formula is C23H24N2O3. The number of aromatic carboxylic acids is 1. The van der Waals surface area contributed by atoms with E-state index >= 15 is 0 Å². The molecule has 0 radical (unpaired) electrons. The number of aromatic nitrogens is 1. The Morgan fingerprint density at radius 2 is 1.75 bits per heavy atom. The molecule has 2 aromatic carbocycles. The zero-order valence-corrected chi connectivity index (χ0v) is 15.7. The lowest BCUT2D eigenvalue weighted by Gasteiger charge is -2.32. The van der Waals surface area contributed by atoms with Gasteiger partial charge in [-0.05, 0) is 54.5 Å². The van der Waals surface area contributed by atoms with E-state index in [-0.39, 0.29) is 11.5 Å². The standard InChI is InChI=1S/C23H24N2O3/c26-22(10-7-16-5-8-18(9-6-16)23(27)28)25-13-11-17(12-14-25)20-15-24-21-4-2-1-3-19(20)21/h1-6,8-9,15,17,24H,7,10-14H2,(H,27,28). The first-order valence-electron chi connectivity index (χ1n) is 9.78. The normalized spacial score (nSPS) is 15.1. The minimum absolute atomic E-state index is 0.180. The summed E-state index contributed by atoms with van der Waals surface area (Å²) < 4.78 is 0. The molecule has 0 bridgehead atoms. The molecule has 0 unspecified atom stereocenters. The van der Waals surface area contributed by atoms with E-state index in [1.54, 1.807) is 24.3 Å². The van der Waals surface area contributed by atoms with Gasteiger partial charge in [0, 0.05) is 36.6 Å². The van der Waals surface area contributed by atoms with Crippen LogP contribution in [0.4, 0.5) is 0 Å². The summed E-state index contributed by atoms with van der Waals surface area (Å²) in [6, 6.07) is 15.1. The van der Waals surface area contributed by atoms with Crippen LogP contribution in [-0.2, 0) is 11.2 Å². The van der Waals surface area contributed by atoms with Crippen molar-refractivity contribution in [2.45, 2.75) is 31.6 Å². The lowest BCUT2D eigenvalue weighted by molar-refractivity contribution is -0.132. The highest BCUT2D eigenvalue weighted by atomic mass is 16.4. The number of hydrogen-bond donors (Lipinski definition) is 2. The molecule has 0 aliphatic carbocycles. The van der Waals surface area contributed by atoms with Crippen molar-refractivity contribution in [3.63, 3.8) is 0 Å². The van der Waals surface area contributed by atoms with E-state index in [1.807, 2.05) is 11.0 Å². The van der Waals surface area contributed by atoms with Gasteiger partial charge in [0.05, 0.1) is 5.56 Å². The fourth-order valence-electron chi connectivity index (χ4n) is 4.09. The predicted molar refractivity (Wildman–Crippen MR) is 109 cm³/mol. The minimum Gasteiger partial charge on any atom is -0.478 e. The first-order valence-corrected chi connectivity index (χ1v) is 9.78. The number of carboxylic acids is 1. The van der Waals surface area contributed by atoms with Gasteiger partial charge >= 0.3 is 5.97 Å². The zero-order valence-electron chi connectivity index (χ0n) is 15.7. The Bertz CT molecular complexity index is 983. The molecule has 28 heavy (non-hydrogen) atoms. The highest BCUT2D eigenvalue weighted by Gasteiger charge is 2.25. The van der Waals surface area contributed by atoms with Crippen molar-refractivity contribution < 1.29 is 14.7 Å². The van der Waals surface area contributed by atoms with Crippen LogP contribution >= 0.6 is 0 Å². The molecule has 1 saturated heterocycles. The second-order valence-electron chi connectivity index (χ2n) is 7.45. The topological polar surface area (TPSA) is 73.4 Å². The molecule has 1 aromatic heterocycles. The Labute approximate surface area is 164 Å². The molecule has 0 saturated carbocycles. The van der Waals surface area contributed by atoms with E-state index in [0.717, 1.165) is 31.5 Å². The van der Waals surface area contributed by atoms with Crippen molar-refractivity contribution in [1.29, 1.82) is 0 Å². The second kappa shape index (κ2) is 7.89. The van der Waals surface area contributed by atoms with E-state index in [1.165, 1.54) is 16.5 Å². The number of piperidine rings is 1. The summed E-state index contributed by atoms with van der Waals surface area (Å²) in [5, 5.41) is 10.2. The van der Waals surface area contributed by atoms with Gasteiger partial charge in [0.2, 0.25) is 5.91 Å². The molecule has 1 aliphatic rings. The highest BCUT2D eigenvalue weighted by Crippen LogP contribution is 2.33. The molecule has 1 amide bonds. The number of fused-ring (bicyclic) bond motifs is 1. The van der Waals surface area contributed by atoms with Gasteiger partial charge in [0.15, 0.2) is 0 Å². The average molecular weight is 376 g/mol. The maximum absolute atomic E-state index is 12.6. The van der Waals surface area contributed by atoms with Crippen LogP contribution in [0.15, 0.2) is 54.7 Å². The number of likely N-dealkylation sites (tertiary alicyclic amines) is 1. The largest absolute Gasteiger partial charge is 0.478 e. The summed E-state index contributed by atoms with van der Waals surface area (Å²) in [5.41, 5.74) is 3.80. The summed E-state index contributed by atoms with van der Waals surface area (Å²) in [6.07, 6.45) is 5.20. The van der Waals surface area contributed by atoms with Crippen LogP contribution in [0.1, 0.15) is 46.7 Å².